The monoisotopic (exact) mass is 849 g/mol. The number of anilines is 1. The zero-order valence-electron chi connectivity index (χ0n) is 34.8. The molecule has 13 heteroatoms. The van der Waals surface area contributed by atoms with Gasteiger partial charge in [-0.2, -0.15) is 0 Å². The van der Waals surface area contributed by atoms with Crippen molar-refractivity contribution >= 4 is 29.6 Å². The number of hydrogen-bond acceptors (Lipinski definition) is 11. The Morgan fingerprint density at radius 1 is 0.810 bits per heavy atom. The number of fused-ring (bicyclic) bond motifs is 3. The first-order valence-electron chi connectivity index (χ1n) is 20.7. The first-order valence-corrected chi connectivity index (χ1v) is 20.7. The predicted octanol–water partition coefficient (Wildman–Crippen LogP) is 6.07. The molecule has 6 atom stereocenters. The van der Waals surface area contributed by atoms with Gasteiger partial charge in [-0.3, -0.25) is 24.2 Å². The average molecular weight is 850 g/mol. The van der Waals surface area contributed by atoms with Crippen LogP contribution in [0.4, 0.5) is 10.5 Å². The molecule has 2 fully saturated rings. The van der Waals surface area contributed by atoms with Gasteiger partial charge in [-0.1, -0.05) is 115 Å². The summed E-state index contributed by atoms with van der Waals surface area (Å²) in [4.78, 5) is 63.9. The van der Waals surface area contributed by atoms with Crippen LogP contribution < -0.4 is 9.64 Å². The molecule has 63 heavy (non-hydrogen) atoms. The molecule has 2 N–H and O–H groups in total. The van der Waals surface area contributed by atoms with Crippen LogP contribution in [-0.4, -0.2) is 97.1 Å². The van der Waals surface area contributed by atoms with E-state index in [2.05, 4.69) is 11.8 Å². The minimum absolute atomic E-state index is 0.0379. The molecule has 0 aromatic heterocycles. The summed E-state index contributed by atoms with van der Waals surface area (Å²) in [5.41, 5.74) is 1.47. The Balaban J connectivity index is 1.37. The van der Waals surface area contributed by atoms with Gasteiger partial charge in [-0.15, -0.1) is 0 Å². The van der Waals surface area contributed by atoms with Gasteiger partial charge in [0, 0.05) is 19.2 Å². The molecule has 2 saturated heterocycles. The molecule has 0 radical (unpaired) electrons. The summed E-state index contributed by atoms with van der Waals surface area (Å²) in [7, 11) is 3.40. The highest BCUT2D eigenvalue weighted by molar-refractivity contribution is 6.23. The van der Waals surface area contributed by atoms with Crippen molar-refractivity contribution in [3.8, 4) is 17.6 Å². The Hall–Kier alpha value is -6.82. The van der Waals surface area contributed by atoms with E-state index in [0.717, 1.165) is 10.5 Å². The lowest BCUT2D eigenvalue weighted by Gasteiger charge is -2.46. The van der Waals surface area contributed by atoms with Gasteiger partial charge in [-0.05, 0) is 65.2 Å². The van der Waals surface area contributed by atoms with E-state index in [0.29, 0.717) is 41.1 Å². The van der Waals surface area contributed by atoms with Gasteiger partial charge in [0.1, 0.15) is 42.4 Å². The minimum Gasteiger partial charge on any atom is -0.491 e. The number of nitrogens with zero attached hydrogens (tertiary/aromatic N) is 3. The van der Waals surface area contributed by atoms with Crippen LogP contribution in [0.3, 0.4) is 0 Å². The number of benzene rings is 5. The van der Waals surface area contributed by atoms with Gasteiger partial charge >= 0.3 is 18.0 Å². The molecule has 3 aliphatic rings. The number of cyclic esters (lactones) is 1. The van der Waals surface area contributed by atoms with E-state index in [4.69, 9.17) is 18.9 Å². The number of carboxylic acids is 1. The molecule has 0 aliphatic carbocycles. The molecule has 3 aliphatic heterocycles. The third-order valence-corrected chi connectivity index (χ3v) is 11.8. The molecule has 13 nitrogen and oxygen atoms in total. The maximum absolute atomic E-state index is 15.9. The SMILES string of the molecule is COCCOC(=O)N1C(=O)[C@@]2(c3cc(C#CCN(C)Cc4ccccc4)ccc31)[C@H](C(=O)O)[C@H]1C(=O)O[C@H](c3ccccc3)[C@H](c3ccccc3)N1[C@@H]2c1cccc(OCCO)c1. The highest BCUT2D eigenvalue weighted by Gasteiger charge is 2.76. The fourth-order valence-corrected chi connectivity index (χ4v) is 9.39. The lowest BCUT2D eigenvalue weighted by molar-refractivity contribution is -0.179. The van der Waals surface area contributed by atoms with Crippen LogP contribution in [0, 0.1) is 17.8 Å². The summed E-state index contributed by atoms with van der Waals surface area (Å²) in [5, 5.41) is 21.3. The number of hydrogen-bond donors (Lipinski definition) is 2. The molecule has 0 unspecified atom stereocenters. The molecule has 2 amide bonds. The molecule has 0 saturated carbocycles. The fourth-order valence-electron chi connectivity index (χ4n) is 9.39. The Kier molecular flexibility index (Phi) is 12.7. The highest BCUT2D eigenvalue weighted by Crippen LogP contribution is 2.66. The lowest BCUT2D eigenvalue weighted by atomic mass is 9.65. The third-order valence-electron chi connectivity index (χ3n) is 11.8. The van der Waals surface area contributed by atoms with Crippen molar-refractivity contribution in [2.24, 2.45) is 5.92 Å². The van der Waals surface area contributed by atoms with E-state index in [1.54, 1.807) is 47.4 Å². The summed E-state index contributed by atoms with van der Waals surface area (Å²) >= 11 is 0. The summed E-state index contributed by atoms with van der Waals surface area (Å²) in [5.74, 6) is 1.78. The van der Waals surface area contributed by atoms with Crippen LogP contribution in [0.25, 0.3) is 0 Å². The normalized spacial score (nSPS) is 22.5. The molecule has 5 aromatic rings. The van der Waals surface area contributed by atoms with Gasteiger partial charge in [0.25, 0.3) is 0 Å². The van der Waals surface area contributed by atoms with Crippen LogP contribution >= 0.6 is 0 Å². The number of aliphatic carboxylic acids is 1. The largest absolute Gasteiger partial charge is 0.491 e. The minimum atomic E-state index is -2.17. The van der Waals surface area contributed by atoms with Gasteiger partial charge in [0.05, 0.1) is 37.5 Å². The smallest absolute Gasteiger partial charge is 0.421 e. The molecule has 8 rings (SSSR count). The number of carboxylic acid groups (broad SMARTS) is 1. The quantitative estimate of drug-likeness (QED) is 0.0803. The average Bonchev–Trinajstić information content (AvgIpc) is 3.76. The number of carbonyl (C=O) groups excluding carboxylic acids is 3. The number of aliphatic hydroxyl groups excluding tert-OH is 1. The maximum Gasteiger partial charge on any atom is 0.421 e. The summed E-state index contributed by atoms with van der Waals surface area (Å²) in [6.45, 7) is 0.584. The molecule has 5 aromatic carbocycles. The summed E-state index contributed by atoms with van der Waals surface area (Å²) in [6.07, 6.45) is -1.98. The Morgan fingerprint density at radius 3 is 2.17 bits per heavy atom. The number of imide groups is 1. The number of esters is 1. The third kappa shape index (κ3) is 8.06. The molecular weight excluding hydrogens is 803 g/mol. The van der Waals surface area contributed by atoms with Crippen LogP contribution in [0.1, 0.15) is 51.6 Å². The number of amides is 2. The highest BCUT2D eigenvalue weighted by atomic mass is 16.6. The van der Waals surface area contributed by atoms with Gasteiger partial charge < -0.3 is 29.2 Å². The van der Waals surface area contributed by atoms with Crippen molar-refractivity contribution in [3.63, 3.8) is 0 Å². The molecule has 1 spiro atoms. The standard InChI is InChI=1S/C50H47N3O10/c1-51(32-34-14-6-3-7-15-34)25-13-16-33-23-24-40-39(30-33)50(48(58)52(40)49(59)62-29-28-60-2)41(46(55)56)43-47(57)63-44(36-19-10-5-11-20-36)42(35-17-8-4-9-18-35)53(43)45(50)37-21-12-22-38(31-37)61-27-26-54/h3-12,14-15,17-24,30-31,41-45,54H,25-29,32H2,1-2H3,(H,55,56)/t41-,42-,43-,44+,45+,50-/m0/s1. The molecule has 322 valence electrons. The van der Waals surface area contributed by atoms with Gasteiger partial charge in [-0.25, -0.2) is 9.69 Å². The molecular formula is C50H47N3O10. The zero-order valence-corrected chi connectivity index (χ0v) is 34.8. The first kappa shape index (κ1) is 42.9. The first-order chi connectivity index (χ1) is 30.7. The Bertz CT molecular complexity index is 2530. The second-order valence-electron chi connectivity index (χ2n) is 15.7. The van der Waals surface area contributed by atoms with E-state index >= 15 is 4.79 Å². The van der Waals surface area contributed by atoms with Crippen LogP contribution in [0.5, 0.6) is 5.75 Å². The van der Waals surface area contributed by atoms with E-state index in [9.17, 15) is 24.6 Å². The Labute approximate surface area is 365 Å². The van der Waals surface area contributed by atoms with Crippen molar-refractivity contribution in [3.05, 3.63) is 167 Å². The number of methoxy groups -OCH3 is 1. The van der Waals surface area contributed by atoms with Gasteiger partial charge in [0.2, 0.25) is 5.91 Å². The number of carbonyl (C=O) groups is 4. The van der Waals surface area contributed by atoms with E-state index in [1.807, 2.05) is 103 Å². The topological polar surface area (TPSA) is 155 Å². The van der Waals surface area contributed by atoms with Crippen molar-refractivity contribution < 1.29 is 48.3 Å². The van der Waals surface area contributed by atoms with E-state index in [-0.39, 0.29) is 37.7 Å². The fraction of sp³-hybridized carbons (Fsp3) is 0.280. The van der Waals surface area contributed by atoms with Crippen molar-refractivity contribution in [2.75, 3.05) is 52.0 Å². The summed E-state index contributed by atoms with van der Waals surface area (Å²) < 4.78 is 22.9. The van der Waals surface area contributed by atoms with Gasteiger partial charge in [0.15, 0.2) is 0 Å². The van der Waals surface area contributed by atoms with Crippen molar-refractivity contribution in [1.82, 2.24) is 9.80 Å². The predicted molar refractivity (Wildman–Crippen MR) is 231 cm³/mol. The summed E-state index contributed by atoms with van der Waals surface area (Å²) in [6, 6.07) is 36.5. The number of aliphatic hydroxyl groups is 1. The van der Waals surface area contributed by atoms with E-state index in [1.165, 1.54) is 7.11 Å². The second kappa shape index (κ2) is 18.7. The van der Waals surface area contributed by atoms with E-state index < -0.39 is 59.5 Å². The second-order valence-corrected chi connectivity index (χ2v) is 15.7. The lowest BCUT2D eigenvalue weighted by Crippen LogP contribution is -2.53. The van der Waals surface area contributed by atoms with Crippen molar-refractivity contribution in [1.29, 1.82) is 0 Å². The van der Waals surface area contributed by atoms with Crippen molar-refractivity contribution in [2.45, 2.75) is 36.2 Å². The Morgan fingerprint density at radius 2 is 1.49 bits per heavy atom. The molecule has 0 bridgehead atoms. The van der Waals surface area contributed by atoms with Crippen LogP contribution in [-0.2, 0) is 40.6 Å². The number of ether oxygens (including phenoxy) is 4. The number of morpholine rings is 1. The number of rotatable bonds is 13. The van der Waals surface area contributed by atoms with Crippen LogP contribution in [0.2, 0.25) is 0 Å². The molecule has 3 heterocycles. The maximum atomic E-state index is 15.9. The zero-order chi connectivity index (χ0) is 44.1. The van der Waals surface area contributed by atoms with Crippen LogP contribution in [0.15, 0.2) is 133 Å².